The topological polar surface area (TPSA) is 95.6 Å². The summed E-state index contributed by atoms with van der Waals surface area (Å²) in [6.45, 7) is 1.95. The van der Waals surface area contributed by atoms with E-state index in [1.165, 1.54) is 37.7 Å². The molecule has 4 heterocycles. The number of halogens is 5. The van der Waals surface area contributed by atoms with E-state index in [0.717, 1.165) is 10.6 Å². The quantitative estimate of drug-likeness (QED) is 0.405. The van der Waals surface area contributed by atoms with Crippen molar-refractivity contribution in [2.45, 2.75) is 31.0 Å². The number of aromatic nitrogens is 6. The second-order valence-electron chi connectivity index (χ2n) is 7.50. The largest absolute Gasteiger partial charge is 0.449 e. The average molecular weight is 488 g/mol. The van der Waals surface area contributed by atoms with E-state index in [1.54, 1.807) is 0 Å². The van der Waals surface area contributed by atoms with E-state index in [9.17, 15) is 30.4 Å². The number of hydrogen-bond donors (Lipinski definition) is 0. The number of aryl methyl sites for hydroxylation is 2. The summed E-state index contributed by atoms with van der Waals surface area (Å²) in [7, 11) is -1.37. The second-order valence-corrected chi connectivity index (χ2v) is 9.69. The summed E-state index contributed by atoms with van der Waals surface area (Å²) in [5.74, 6) is -4.84. The maximum absolute atomic E-state index is 13.8. The molecular weight excluding hydrogens is 471 g/mol. The van der Waals surface area contributed by atoms with Crippen molar-refractivity contribution in [3.8, 4) is 11.4 Å². The highest BCUT2D eigenvalue weighted by Gasteiger charge is 2.37. The summed E-state index contributed by atoms with van der Waals surface area (Å²) >= 11 is 0. The molecule has 0 spiro atoms. The molecule has 0 aliphatic rings. The first-order valence-corrected chi connectivity index (χ1v) is 11.2. The molecule has 4 aromatic rings. The lowest BCUT2D eigenvalue weighted by Gasteiger charge is -2.14. The predicted molar refractivity (Wildman–Crippen MR) is 108 cm³/mol. The van der Waals surface area contributed by atoms with Crippen molar-refractivity contribution in [3.63, 3.8) is 0 Å². The van der Waals surface area contributed by atoms with Crippen LogP contribution in [0.4, 0.5) is 22.0 Å². The molecule has 0 N–H and O–H groups in total. The zero-order valence-corrected chi connectivity index (χ0v) is 18.6. The van der Waals surface area contributed by atoms with Crippen LogP contribution in [0.15, 0.2) is 23.2 Å². The Morgan fingerprint density at radius 2 is 1.52 bits per heavy atom. The van der Waals surface area contributed by atoms with Gasteiger partial charge in [0, 0.05) is 21.0 Å². The zero-order chi connectivity index (χ0) is 24.5. The molecule has 8 nitrogen and oxygen atoms in total. The summed E-state index contributed by atoms with van der Waals surface area (Å²) in [5, 5.41) is -0.565. The summed E-state index contributed by atoms with van der Waals surface area (Å²) < 4.78 is 94.6. The minimum atomic E-state index is -4.68. The van der Waals surface area contributed by atoms with E-state index >= 15 is 0 Å². The van der Waals surface area contributed by atoms with Gasteiger partial charge in [-0.1, -0.05) is 6.92 Å². The molecule has 33 heavy (non-hydrogen) atoms. The van der Waals surface area contributed by atoms with E-state index in [0.29, 0.717) is 6.92 Å². The normalized spacial score (nSPS) is 13.4. The number of pyridine rings is 2. The molecule has 4 aromatic heterocycles. The van der Waals surface area contributed by atoms with Crippen LogP contribution in [0.3, 0.4) is 0 Å². The fraction of sp³-hybridized carbons (Fsp3) is 0.368. The van der Waals surface area contributed by atoms with E-state index < -0.39 is 38.5 Å². The van der Waals surface area contributed by atoms with Crippen LogP contribution in [0.25, 0.3) is 33.7 Å². The number of rotatable bonds is 4. The molecule has 0 atom stereocenters. The molecule has 0 aliphatic heterocycles. The van der Waals surface area contributed by atoms with Gasteiger partial charge in [0.1, 0.15) is 22.6 Å². The van der Waals surface area contributed by atoms with Crippen molar-refractivity contribution in [3.05, 3.63) is 29.7 Å². The van der Waals surface area contributed by atoms with Crippen LogP contribution >= 0.6 is 0 Å². The Morgan fingerprint density at radius 3 is 2.09 bits per heavy atom. The van der Waals surface area contributed by atoms with E-state index in [4.69, 9.17) is 0 Å². The van der Waals surface area contributed by atoms with Crippen LogP contribution in [-0.2, 0) is 36.0 Å². The molecule has 0 aliphatic carbocycles. The minimum Gasteiger partial charge on any atom is -0.312 e. The predicted octanol–water partition coefficient (Wildman–Crippen LogP) is 3.84. The van der Waals surface area contributed by atoms with Crippen LogP contribution in [0.5, 0.6) is 0 Å². The Bertz CT molecular complexity index is 1520. The summed E-state index contributed by atoms with van der Waals surface area (Å²) in [6.07, 6.45) is -4.68. The van der Waals surface area contributed by atoms with Crippen molar-refractivity contribution in [2.24, 2.45) is 14.1 Å². The first-order chi connectivity index (χ1) is 15.1. The average Bonchev–Trinajstić information content (AvgIpc) is 3.22. The summed E-state index contributed by atoms with van der Waals surface area (Å²) in [6, 6.07) is 3.49. The van der Waals surface area contributed by atoms with Crippen LogP contribution < -0.4 is 0 Å². The Kier molecular flexibility index (Phi) is 5.00. The Balaban J connectivity index is 1.99. The highest BCUT2D eigenvalue weighted by Crippen LogP contribution is 2.34. The fourth-order valence-corrected chi connectivity index (χ4v) is 4.44. The lowest BCUT2D eigenvalue weighted by Crippen LogP contribution is -2.16. The van der Waals surface area contributed by atoms with Gasteiger partial charge >= 0.3 is 6.18 Å². The highest BCUT2D eigenvalue weighted by molar-refractivity contribution is 7.91. The highest BCUT2D eigenvalue weighted by atomic mass is 32.2. The zero-order valence-electron chi connectivity index (χ0n) is 17.7. The van der Waals surface area contributed by atoms with Crippen LogP contribution in [0.2, 0.25) is 0 Å². The molecule has 0 radical (unpaired) electrons. The molecule has 0 fully saturated rings. The maximum Gasteiger partial charge on any atom is 0.449 e. The molecule has 176 valence electrons. The van der Waals surface area contributed by atoms with E-state index in [2.05, 4.69) is 19.9 Å². The third kappa shape index (κ3) is 3.71. The number of imidazole rings is 2. The summed E-state index contributed by atoms with van der Waals surface area (Å²) in [4.78, 5) is 15.9. The van der Waals surface area contributed by atoms with Gasteiger partial charge < -0.3 is 9.13 Å². The van der Waals surface area contributed by atoms with Crippen LogP contribution in [0, 0.1) is 0 Å². The molecule has 0 unspecified atom stereocenters. The molecular formula is C19H17F5N6O2S. The van der Waals surface area contributed by atoms with Gasteiger partial charge in [0.2, 0.25) is 5.82 Å². The third-order valence-corrected chi connectivity index (χ3v) is 6.81. The van der Waals surface area contributed by atoms with Crippen molar-refractivity contribution in [1.29, 1.82) is 0 Å². The second kappa shape index (κ2) is 7.17. The van der Waals surface area contributed by atoms with Crippen LogP contribution in [-0.4, -0.2) is 43.2 Å². The number of sulfone groups is 1. The number of nitrogens with zero attached hydrogens (tertiary/aromatic N) is 6. The Labute approximate surface area is 184 Å². The maximum atomic E-state index is 13.8. The van der Waals surface area contributed by atoms with Crippen molar-refractivity contribution >= 4 is 32.2 Å². The molecule has 0 saturated carbocycles. The molecule has 0 aromatic carbocycles. The lowest BCUT2D eigenvalue weighted by atomic mass is 10.2. The third-order valence-electron chi connectivity index (χ3n) is 5.15. The van der Waals surface area contributed by atoms with Gasteiger partial charge in [0.05, 0.1) is 11.3 Å². The molecule has 14 heteroatoms. The van der Waals surface area contributed by atoms with Gasteiger partial charge in [-0.15, -0.1) is 0 Å². The monoisotopic (exact) mass is 488 g/mol. The van der Waals surface area contributed by atoms with Crippen LogP contribution in [0.1, 0.15) is 25.4 Å². The van der Waals surface area contributed by atoms with E-state index in [-0.39, 0.29) is 39.5 Å². The molecule has 4 rings (SSSR count). The number of hydrogen-bond acceptors (Lipinski definition) is 6. The van der Waals surface area contributed by atoms with Crippen molar-refractivity contribution in [1.82, 2.24) is 29.1 Å². The first kappa shape index (κ1) is 23.0. The van der Waals surface area contributed by atoms with Gasteiger partial charge in [-0.05, 0) is 18.2 Å². The first-order valence-electron chi connectivity index (χ1n) is 9.54. The molecule has 0 amide bonds. The number of alkyl halides is 5. The standard InChI is InChI=1S/C19H17F5N6O2S/c1-5-33(31,32)16-9(6-7-12(27-16)18(2,20)21)13-25-10-8-11-15(28-14(10)29(13)3)30(4)17(26-11)19(22,23)24/h6-8H,5H2,1-4H3. The lowest BCUT2D eigenvalue weighted by molar-refractivity contribution is -0.146. The van der Waals surface area contributed by atoms with Crippen molar-refractivity contribution < 1.29 is 30.4 Å². The van der Waals surface area contributed by atoms with Gasteiger partial charge in [0.25, 0.3) is 5.92 Å². The fourth-order valence-electron chi connectivity index (χ4n) is 3.43. The number of fused-ring (bicyclic) bond motifs is 2. The van der Waals surface area contributed by atoms with E-state index in [1.807, 2.05) is 0 Å². The van der Waals surface area contributed by atoms with Crippen molar-refractivity contribution in [2.75, 3.05) is 5.75 Å². The Hall–Kier alpha value is -3.16. The Morgan fingerprint density at radius 1 is 0.909 bits per heavy atom. The van der Waals surface area contributed by atoms with Gasteiger partial charge in [-0.2, -0.15) is 22.0 Å². The summed E-state index contributed by atoms with van der Waals surface area (Å²) in [5.41, 5.74) is -0.550. The van der Waals surface area contributed by atoms with Gasteiger partial charge in [-0.25, -0.2) is 28.4 Å². The SMILES string of the molecule is CCS(=O)(=O)c1nc(C(C)(F)F)ccc1-c1nc2cc3nc(C(F)(F)F)n(C)c3nc2n1C. The van der Waals surface area contributed by atoms with Gasteiger partial charge in [-0.3, -0.25) is 0 Å². The van der Waals surface area contributed by atoms with Gasteiger partial charge in [0.15, 0.2) is 26.2 Å². The smallest absolute Gasteiger partial charge is 0.312 e. The molecule has 0 bridgehead atoms. The minimum absolute atomic E-state index is 0.0293. The molecule has 0 saturated heterocycles.